The molecule has 0 saturated carbocycles. The van der Waals surface area contributed by atoms with E-state index in [1.54, 1.807) is 30.3 Å². The van der Waals surface area contributed by atoms with Gasteiger partial charge in [-0.2, -0.15) is 0 Å². The average Bonchev–Trinajstić information content (AvgIpc) is 3.07. The number of sulfonamides is 1. The summed E-state index contributed by atoms with van der Waals surface area (Å²) in [5.41, 5.74) is 5.58. The molecule has 5 nitrogen and oxygen atoms in total. The number of hydrogen-bond acceptors (Lipinski definition) is 4. The molecule has 0 unspecified atom stereocenters. The van der Waals surface area contributed by atoms with E-state index in [-0.39, 0.29) is 4.90 Å². The van der Waals surface area contributed by atoms with Crippen LogP contribution < -0.4 is 4.72 Å². The number of aromatic nitrogens is 1. The molecule has 0 atom stereocenters. The first-order valence-electron chi connectivity index (χ1n) is 8.89. The molecule has 6 heteroatoms. The fourth-order valence-electron chi connectivity index (χ4n) is 2.94. The van der Waals surface area contributed by atoms with E-state index in [2.05, 4.69) is 9.71 Å². The SMILES string of the molecule is Cc1ccc(S(=O)(=O)Nc2cc(-c3nc4ccc(C)cc4o3)ccc2C)cc1. The minimum absolute atomic E-state index is 0.222. The number of aryl methyl sites for hydroxylation is 3. The van der Waals surface area contributed by atoms with Gasteiger partial charge in [0, 0.05) is 5.56 Å². The number of oxazole rings is 1. The topological polar surface area (TPSA) is 72.2 Å². The van der Waals surface area contributed by atoms with E-state index in [0.29, 0.717) is 22.7 Å². The van der Waals surface area contributed by atoms with Crippen molar-refractivity contribution < 1.29 is 12.8 Å². The van der Waals surface area contributed by atoms with Gasteiger partial charge in [0.2, 0.25) is 5.89 Å². The van der Waals surface area contributed by atoms with Crippen molar-refractivity contribution in [3.8, 4) is 11.5 Å². The molecule has 0 bridgehead atoms. The van der Waals surface area contributed by atoms with Crippen molar-refractivity contribution >= 4 is 26.8 Å². The molecule has 0 aliphatic carbocycles. The van der Waals surface area contributed by atoms with Crippen molar-refractivity contribution in [2.45, 2.75) is 25.7 Å². The molecule has 0 radical (unpaired) electrons. The fraction of sp³-hybridized carbons (Fsp3) is 0.136. The van der Waals surface area contributed by atoms with Gasteiger partial charge in [0.15, 0.2) is 5.58 Å². The molecular weight excluding hydrogens is 372 g/mol. The Morgan fingerprint density at radius 1 is 0.857 bits per heavy atom. The maximum absolute atomic E-state index is 12.7. The third-order valence-electron chi connectivity index (χ3n) is 4.60. The predicted molar refractivity (Wildman–Crippen MR) is 111 cm³/mol. The highest BCUT2D eigenvalue weighted by Gasteiger charge is 2.17. The summed E-state index contributed by atoms with van der Waals surface area (Å²) in [6.45, 7) is 5.76. The van der Waals surface area contributed by atoms with Crippen LogP contribution in [0.4, 0.5) is 5.69 Å². The fourth-order valence-corrected chi connectivity index (χ4v) is 4.06. The van der Waals surface area contributed by atoms with Crippen LogP contribution in [0.2, 0.25) is 0 Å². The van der Waals surface area contributed by atoms with Crippen LogP contribution in [-0.4, -0.2) is 13.4 Å². The molecule has 28 heavy (non-hydrogen) atoms. The highest BCUT2D eigenvalue weighted by atomic mass is 32.2. The van der Waals surface area contributed by atoms with Gasteiger partial charge in [-0.15, -0.1) is 0 Å². The first-order valence-corrected chi connectivity index (χ1v) is 10.4. The summed E-state index contributed by atoms with van der Waals surface area (Å²) in [6, 6.07) is 18.0. The van der Waals surface area contributed by atoms with E-state index in [0.717, 1.165) is 22.2 Å². The van der Waals surface area contributed by atoms with Gasteiger partial charge in [0.1, 0.15) is 5.52 Å². The number of anilines is 1. The molecule has 0 aliphatic rings. The van der Waals surface area contributed by atoms with Crippen LogP contribution in [0.15, 0.2) is 70.0 Å². The van der Waals surface area contributed by atoms with Crippen LogP contribution in [0.3, 0.4) is 0 Å². The Hall–Kier alpha value is -3.12. The van der Waals surface area contributed by atoms with E-state index >= 15 is 0 Å². The molecule has 4 aromatic rings. The predicted octanol–water partition coefficient (Wildman–Crippen LogP) is 5.22. The molecule has 0 fully saturated rings. The van der Waals surface area contributed by atoms with Crippen molar-refractivity contribution in [3.63, 3.8) is 0 Å². The standard InChI is InChI=1S/C22H20N2O3S/c1-14-4-9-18(10-5-14)28(25,26)24-20-13-17(8-7-16(20)3)22-23-19-11-6-15(2)12-21(19)27-22/h4-13,24H,1-3H3. The second kappa shape index (κ2) is 6.80. The zero-order chi connectivity index (χ0) is 19.9. The molecule has 4 rings (SSSR count). The number of benzene rings is 3. The highest BCUT2D eigenvalue weighted by molar-refractivity contribution is 7.92. The number of hydrogen-bond donors (Lipinski definition) is 1. The van der Waals surface area contributed by atoms with Crippen LogP contribution in [0.25, 0.3) is 22.6 Å². The normalized spacial score (nSPS) is 11.7. The van der Waals surface area contributed by atoms with Crippen molar-refractivity contribution in [3.05, 3.63) is 77.4 Å². The third-order valence-corrected chi connectivity index (χ3v) is 5.99. The second-order valence-corrected chi connectivity index (χ2v) is 8.62. The third kappa shape index (κ3) is 3.51. The van der Waals surface area contributed by atoms with Crippen molar-refractivity contribution in [1.82, 2.24) is 4.98 Å². The summed E-state index contributed by atoms with van der Waals surface area (Å²) >= 11 is 0. The zero-order valence-electron chi connectivity index (χ0n) is 15.9. The van der Waals surface area contributed by atoms with Crippen LogP contribution >= 0.6 is 0 Å². The van der Waals surface area contributed by atoms with Crippen molar-refractivity contribution in [2.24, 2.45) is 0 Å². The first kappa shape index (κ1) is 18.3. The van der Waals surface area contributed by atoms with Gasteiger partial charge in [-0.3, -0.25) is 4.72 Å². The molecule has 1 aromatic heterocycles. The summed E-state index contributed by atoms with van der Waals surface area (Å²) in [7, 11) is -3.68. The minimum Gasteiger partial charge on any atom is -0.436 e. The maximum atomic E-state index is 12.7. The van der Waals surface area contributed by atoms with Crippen molar-refractivity contribution in [2.75, 3.05) is 4.72 Å². The average molecular weight is 392 g/mol. The Balaban J connectivity index is 1.71. The lowest BCUT2D eigenvalue weighted by atomic mass is 10.1. The van der Waals surface area contributed by atoms with Crippen LogP contribution in [0.1, 0.15) is 16.7 Å². The molecule has 3 aromatic carbocycles. The van der Waals surface area contributed by atoms with Gasteiger partial charge < -0.3 is 4.42 Å². The Morgan fingerprint density at radius 2 is 1.57 bits per heavy atom. The largest absolute Gasteiger partial charge is 0.436 e. The van der Waals surface area contributed by atoms with E-state index in [1.165, 1.54) is 0 Å². The zero-order valence-corrected chi connectivity index (χ0v) is 16.7. The summed E-state index contributed by atoms with van der Waals surface area (Å²) in [4.78, 5) is 4.74. The molecule has 0 saturated heterocycles. The van der Waals surface area contributed by atoms with Gasteiger partial charge >= 0.3 is 0 Å². The Morgan fingerprint density at radius 3 is 2.32 bits per heavy atom. The highest BCUT2D eigenvalue weighted by Crippen LogP contribution is 2.29. The van der Waals surface area contributed by atoms with Gasteiger partial charge in [-0.1, -0.05) is 29.8 Å². The van der Waals surface area contributed by atoms with E-state index in [1.807, 2.05) is 51.1 Å². The van der Waals surface area contributed by atoms with E-state index in [4.69, 9.17) is 4.42 Å². The number of rotatable bonds is 4. The lowest BCUT2D eigenvalue weighted by Gasteiger charge is -2.12. The quantitative estimate of drug-likeness (QED) is 0.517. The van der Waals surface area contributed by atoms with Gasteiger partial charge in [-0.25, -0.2) is 13.4 Å². The summed E-state index contributed by atoms with van der Waals surface area (Å²) in [5.74, 6) is 0.455. The first-order chi connectivity index (χ1) is 13.3. The Kier molecular flexibility index (Phi) is 4.43. The minimum atomic E-state index is -3.68. The molecular formula is C22H20N2O3S. The molecule has 0 spiro atoms. The lowest BCUT2D eigenvalue weighted by Crippen LogP contribution is -2.13. The maximum Gasteiger partial charge on any atom is 0.261 e. The molecule has 0 aliphatic heterocycles. The number of nitrogens with one attached hydrogen (secondary N) is 1. The second-order valence-electron chi connectivity index (χ2n) is 6.94. The van der Waals surface area contributed by atoms with Gasteiger partial charge in [0.05, 0.1) is 10.6 Å². The molecule has 1 heterocycles. The van der Waals surface area contributed by atoms with Crippen LogP contribution in [0.5, 0.6) is 0 Å². The Bertz CT molecular complexity index is 1270. The van der Waals surface area contributed by atoms with E-state index in [9.17, 15) is 8.42 Å². The molecule has 142 valence electrons. The van der Waals surface area contributed by atoms with Gasteiger partial charge in [-0.05, 0) is 68.3 Å². The molecule has 1 N–H and O–H groups in total. The van der Waals surface area contributed by atoms with Gasteiger partial charge in [0.25, 0.3) is 10.0 Å². The molecule has 0 amide bonds. The summed E-state index contributed by atoms with van der Waals surface area (Å²) in [6.07, 6.45) is 0. The number of nitrogens with zero attached hydrogens (tertiary/aromatic N) is 1. The van der Waals surface area contributed by atoms with Crippen LogP contribution in [-0.2, 0) is 10.0 Å². The van der Waals surface area contributed by atoms with Crippen molar-refractivity contribution in [1.29, 1.82) is 0 Å². The van der Waals surface area contributed by atoms with E-state index < -0.39 is 10.0 Å². The summed E-state index contributed by atoms with van der Waals surface area (Å²) in [5, 5.41) is 0. The summed E-state index contributed by atoms with van der Waals surface area (Å²) < 4.78 is 34.0. The monoisotopic (exact) mass is 392 g/mol. The van der Waals surface area contributed by atoms with Crippen LogP contribution in [0, 0.1) is 20.8 Å². The Labute approximate surface area is 164 Å². The smallest absolute Gasteiger partial charge is 0.261 e. The lowest BCUT2D eigenvalue weighted by molar-refractivity contribution is 0.601. The number of fused-ring (bicyclic) bond motifs is 1.